The minimum Gasteiger partial charge on any atom is -0.493 e. The molecule has 0 atom stereocenters. The first kappa shape index (κ1) is 11.8. The molecule has 2 rings (SSSR count). The van der Waals surface area contributed by atoms with Crippen molar-refractivity contribution in [2.24, 2.45) is 5.73 Å². The molecule has 16 heavy (non-hydrogen) atoms. The fourth-order valence-corrected chi connectivity index (χ4v) is 2.15. The Bertz CT molecular complexity index is 432. The Balaban J connectivity index is 2.43. The summed E-state index contributed by atoms with van der Waals surface area (Å²) in [5, 5.41) is 0. The van der Waals surface area contributed by atoms with Crippen molar-refractivity contribution in [1.29, 1.82) is 0 Å². The summed E-state index contributed by atoms with van der Waals surface area (Å²) in [6.45, 7) is 0. The minimum atomic E-state index is -0.962. The van der Waals surface area contributed by atoms with Crippen LogP contribution >= 0.6 is 15.9 Å². The van der Waals surface area contributed by atoms with E-state index in [1.54, 1.807) is 0 Å². The predicted molar refractivity (Wildman–Crippen MR) is 60.5 cm³/mol. The number of rotatable bonds is 3. The molecule has 1 fully saturated rings. The second-order valence-electron chi connectivity index (χ2n) is 4.22. The molecule has 0 aromatic heterocycles. The summed E-state index contributed by atoms with van der Waals surface area (Å²) in [6, 6.07) is 1.53. The molecule has 0 radical (unpaired) electrons. The predicted octanol–water partition coefficient (Wildman–Crippen LogP) is 2.77. The summed E-state index contributed by atoms with van der Waals surface area (Å²) in [4.78, 5) is 0. The van der Waals surface area contributed by atoms with Crippen LogP contribution in [0.5, 0.6) is 5.75 Å². The van der Waals surface area contributed by atoms with Gasteiger partial charge in [0.15, 0.2) is 11.6 Å². The molecule has 0 unspecified atom stereocenters. The molecule has 88 valence electrons. The quantitative estimate of drug-likeness (QED) is 0.869. The van der Waals surface area contributed by atoms with Crippen LogP contribution in [0.4, 0.5) is 8.78 Å². The lowest BCUT2D eigenvalue weighted by Crippen LogP contribution is -2.25. The van der Waals surface area contributed by atoms with Gasteiger partial charge in [-0.3, -0.25) is 0 Å². The fourth-order valence-electron chi connectivity index (χ4n) is 1.70. The smallest absolute Gasteiger partial charge is 0.202 e. The highest BCUT2D eigenvalue weighted by Gasteiger charge is 2.39. The molecule has 2 N–H and O–H groups in total. The SMILES string of the molecule is COc1c(CC2(N)CC2)cc(Br)c(F)c1F. The maximum Gasteiger partial charge on any atom is 0.202 e. The minimum absolute atomic E-state index is 0.0441. The van der Waals surface area contributed by atoms with Gasteiger partial charge in [0.1, 0.15) is 0 Å². The van der Waals surface area contributed by atoms with E-state index in [0.717, 1.165) is 12.8 Å². The van der Waals surface area contributed by atoms with Crippen molar-refractivity contribution in [3.8, 4) is 5.75 Å². The highest BCUT2D eigenvalue weighted by atomic mass is 79.9. The normalized spacial score (nSPS) is 17.3. The molecular weight excluding hydrogens is 280 g/mol. The first-order chi connectivity index (χ1) is 7.47. The second kappa shape index (κ2) is 3.96. The van der Waals surface area contributed by atoms with Crippen LogP contribution in [-0.2, 0) is 6.42 Å². The van der Waals surface area contributed by atoms with Crippen LogP contribution in [0.2, 0.25) is 0 Å². The zero-order valence-electron chi connectivity index (χ0n) is 8.82. The number of hydrogen-bond donors (Lipinski definition) is 1. The Kier molecular flexibility index (Phi) is 2.92. The van der Waals surface area contributed by atoms with Crippen molar-refractivity contribution >= 4 is 15.9 Å². The van der Waals surface area contributed by atoms with Crippen molar-refractivity contribution in [3.63, 3.8) is 0 Å². The van der Waals surface area contributed by atoms with Crippen molar-refractivity contribution < 1.29 is 13.5 Å². The molecule has 1 aromatic carbocycles. The van der Waals surface area contributed by atoms with Crippen LogP contribution in [0.3, 0.4) is 0 Å². The van der Waals surface area contributed by atoms with E-state index >= 15 is 0 Å². The lowest BCUT2D eigenvalue weighted by molar-refractivity contribution is 0.364. The first-order valence-electron chi connectivity index (χ1n) is 4.96. The summed E-state index contributed by atoms with van der Waals surface area (Å²) < 4.78 is 31.8. The summed E-state index contributed by atoms with van der Waals surface area (Å²) in [6.07, 6.45) is 2.32. The van der Waals surface area contributed by atoms with E-state index < -0.39 is 11.6 Å². The van der Waals surface area contributed by atoms with Gasteiger partial charge >= 0.3 is 0 Å². The van der Waals surface area contributed by atoms with Crippen LogP contribution in [0.25, 0.3) is 0 Å². The van der Waals surface area contributed by atoms with E-state index in [1.165, 1.54) is 13.2 Å². The molecule has 1 aliphatic carbocycles. The molecular formula is C11H12BrF2NO. The van der Waals surface area contributed by atoms with E-state index in [4.69, 9.17) is 10.5 Å². The highest BCUT2D eigenvalue weighted by Crippen LogP contribution is 2.40. The standard InChI is InChI=1S/C11H12BrF2NO/c1-16-10-6(5-11(15)2-3-11)4-7(12)8(13)9(10)14/h4H,2-3,5,15H2,1H3. The summed E-state index contributed by atoms with van der Waals surface area (Å²) in [5.74, 6) is -1.93. The summed E-state index contributed by atoms with van der Waals surface area (Å²) in [7, 11) is 1.32. The van der Waals surface area contributed by atoms with E-state index in [-0.39, 0.29) is 15.8 Å². The van der Waals surface area contributed by atoms with Gasteiger partial charge in [-0.15, -0.1) is 0 Å². The van der Waals surface area contributed by atoms with E-state index in [9.17, 15) is 8.78 Å². The third kappa shape index (κ3) is 2.06. The molecule has 1 aromatic rings. The van der Waals surface area contributed by atoms with Gasteiger partial charge in [0.05, 0.1) is 11.6 Å². The van der Waals surface area contributed by atoms with Crippen molar-refractivity contribution in [1.82, 2.24) is 0 Å². The molecule has 0 heterocycles. The number of halogens is 3. The Morgan fingerprint density at radius 2 is 2.06 bits per heavy atom. The van der Waals surface area contributed by atoms with Crippen molar-refractivity contribution in [2.75, 3.05) is 7.11 Å². The van der Waals surface area contributed by atoms with Gasteiger partial charge in [-0.25, -0.2) is 4.39 Å². The molecule has 1 saturated carbocycles. The van der Waals surface area contributed by atoms with Gasteiger partial charge in [0.25, 0.3) is 0 Å². The zero-order valence-corrected chi connectivity index (χ0v) is 10.4. The van der Waals surface area contributed by atoms with E-state index in [2.05, 4.69) is 15.9 Å². The number of methoxy groups -OCH3 is 1. The van der Waals surface area contributed by atoms with Gasteiger partial charge < -0.3 is 10.5 Å². The Morgan fingerprint density at radius 3 is 2.56 bits per heavy atom. The fraction of sp³-hybridized carbons (Fsp3) is 0.455. The van der Waals surface area contributed by atoms with Gasteiger partial charge in [0, 0.05) is 11.1 Å². The van der Waals surface area contributed by atoms with Crippen LogP contribution in [0, 0.1) is 11.6 Å². The average Bonchev–Trinajstić information content (AvgIpc) is 2.93. The van der Waals surface area contributed by atoms with Gasteiger partial charge in [-0.2, -0.15) is 4.39 Å². The molecule has 2 nitrogen and oxygen atoms in total. The summed E-state index contributed by atoms with van der Waals surface area (Å²) in [5.41, 5.74) is 6.29. The van der Waals surface area contributed by atoms with E-state index in [0.29, 0.717) is 12.0 Å². The second-order valence-corrected chi connectivity index (χ2v) is 5.07. The maximum atomic E-state index is 13.5. The zero-order chi connectivity index (χ0) is 11.9. The number of hydrogen-bond acceptors (Lipinski definition) is 2. The van der Waals surface area contributed by atoms with Crippen molar-refractivity contribution in [2.45, 2.75) is 24.8 Å². The maximum absolute atomic E-state index is 13.5. The van der Waals surface area contributed by atoms with Gasteiger partial charge in [-0.05, 0) is 41.3 Å². The lowest BCUT2D eigenvalue weighted by Gasteiger charge is -2.14. The molecule has 0 saturated heterocycles. The van der Waals surface area contributed by atoms with E-state index in [1.807, 2.05) is 0 Å². The number of nitrogens with two attached hydrogens (primary N) is 1. The number of benzene rings is 1. The van der Waals surface area contributed by atoms with Gasteiger partial charge in [-0.1, -0.05) is 0 Å². The molecule has 0 aliphatic heterocycles. The van der Waals surface area contributed by atoms with Gasteiger partial charge in [0.2, 0.25) is 5.82 Å². The largest absolute Gasteiger partial charge is 0.493 e. The van der Waals surface area contributed by atoms with Crippen LogP contribution in [0.15, 0.2) is 10.5 Å². The average molecular weight is 292 g/mol. The highest BCUT2D eigenvalue weighted by molar-refractivity contribution is 9.10. The van der Waals surface area contributed by atoms with Crippen LogP contribution in [-0.4, -0.2) is 12.6 Å². The third-order valence-electron chi connectivity index (χ3n) is 2.83. The lowest BCUT2D eigenvalue weighted by atomic mass is 10.0. The molecule has 0 amide bonds. The first-order valence-corrected chi connectivity index (χ1v) is 5.75. The molecule has 0 spiro atoms. The van der Waals surface area contributed by atoms with Crippen LogP contribution < -0.4 is 10.5 Å². The monoisotopic (exact) mass is 291 g/mol. The Hall–Kier alpha value is -0.680. The van der Waals surface area contributed by atoms with Crippen molar-refractivity contribution in [3.05, 3.63) is 27.7 Å². The Morgan fingerprint density at radius 1 is 1.44 bits per heavy atom. The Labute approximate surface area is 101 Å². The molecule has 0 bridgehead atoms. The topological polar surface area (TPSA) is 35.2 Å². The van der Waals surface area contributed by atoms with Crippen LogP contribution in [0.1, 0.15) is 18.4 Å². The third-order valence-corrected chi connectivity index (χ3v) is 3.41. The number of ether oxygens (including phenoxy) is 1. The molecule has 1 aliphatic rings. The molecule has 5 heteroatoms. The summed E-state index contributed by atoms with van der Waals surface area (Å²) >= 11 is 2.98.